The third-order valence-electron chi connectivity index (χ3n) is 3.63. The van der Waals surface area contributed by atoms with Crippen LogP contribution in [-0.2, 0) is 10.0 Å². The van der Waals surface area contributed by atoms with Crippen LogP contribution in [0.3, 0.4) is 0 Å². The zero-order chi connectivity index (χ0) is 16.3. The predicted molar refractivity (Wildman–Crippen MR) is 81.9 cm³/mol. The molecule has 1 aromatic rings. The molecule has 0 bridgehead atoms. The quantitative estimate of drug-likeness (QED) is 0.801. The Hall–Kier alpha value is -1.80. The fraction of sp³-hybridized carbons (Fsp3) is 0.500. The smallest absolute Gasteiger partial charge is 0.254 e. The van der Waals surface area contributed by atoms with Crippen molar-refractivity contribution in [2.45, 2.75) is 0 Å². The van der Waals surface area contributed by atoms with Crippen LogP contribution in [0.2, 0.25) is 0 Å². The van der Waals surface area contributed by atoms with Crippen molar-refractivity contribution >= 4 is 15.9 Å². The maximum Gasteiger partial charge on any atom is 0.254 e. The van der Waals surface area contributed by atoms with E-state index in [0.717, 1.165) is 0 Å². The van der Waals surface area contributed by atoms with Gasteiger partial charge in [0.25, 0.3) is 5.91 Å². The summed E-state index contributed by atoms with van der Waals surface area (Å²) in [6, 6.07) is 4.98. The van der Waals surface area contributed by atoms with Crippen molar-refractivity contribution in [3.63, 3.8) is 0 Å². The Kier molecular flexibility index (Phi) is 4.92. The minimum atomic E-state index is -3.20. The minimum absolute atomic E-state index is 0.144. The average molecular weight is 328 g/mol. The lowest BCUT2D eigenvalue weighted by Gasteiger charge is -2.33. The van der Waals surface area contributed by atoms with E-state index < -0.39 is 10.0 Å². The molecule has 1 aliphatic rings. The number of piperazine rings is 1. The van der Waals surface area contributed by atoms with E-state index in [1.54, 1.807) is 23.1 Å². The maximum absolute atomic E-state index is 12.5. The van der Waals surface area contributed by atoms with Crippen molar-refractivity contribution in [3.05, 3.63) is 23.8 Å². The first-order valence-corrected chi connectivity index (χ1v) is 8.68. The first-order chi connectivity index (χ1) is 10.4. The number of carbonyl (C=O) groups is 1. The lowest BCUT2D eigenvalue weighted by atomic mass is 10.1. The normalized spacial score (nSPS) is 16.4. The molecule has 0 N–H and O–H groups in total. The van der Waals surface area contributed by atoms with Crippen molar-refractivity contribution < 1.29 is 22.7 Å². The molecular formula is C14H20N2O5S. The summed E-state index contributed by atoms with van der Waals surface area (Å²) in [5.41, 5.74) is 0.491. The highest BCUT2D eigenvalue weighted by molar-refractivity contribution is 7.88. The van der Waals surface area contributed by atoms with Gasteiger partial charge in [0.05, 0.1) is 20.5 Å². The summed E-state index contributed by atoms with van der Waals surface area (Å²) in [7, 11) is -0.158. The highest BCUT2D eigenvalue weighted by atomic mass is 32.2. The summed E-state index contributed by atoms with van der Waals surface area (Å²) in [5.74, 6) is 0.901. The van der Waals surface area contributed by atoms with E-state index in [2.05, 4.69) is 0 Å². The lowest BCUT2D eigenvalue weighted by Crippen LogP contribution is -2.50. The van der Waals surface area contributed by atoms with Crippen LogP contribution in [0, 0.1) is 0 Å². The van der Waals surface area contributed by atoms with Gasteiger partial charge in [-0.25, -0.2) is 8.42 Å². The molecule has 0 unspecified atom stereocenters. The van der Waals surface area contributed by atoms with Crippen molar-refractivity contribution in [3.8, 4) is 11.5 Å². The largest absolute Gasteiger partial charge is 0.493 e. The van der Waals surface area contributed by atoms with Crippen LogP contribution >= 0.6 is 0 Å². The van der Waals surface area contributed by atoms with Gasteiger partial charge in [-0.2, -0.15) is 4.31 Å². The second-order valence-electron chi connectivity index (χ2n) is 5.02. The molecule has 0 aliphatic carbocycles. The lowest BCUT2D eigenvalue weighted by molar-refractivity contribution is 0.0698. The number of sulfonamides is 1. The van der Waals surface area contributed by atoms with Gasteiger partial charge in [-0.15, -0.1) is 0 Å². The second kappa shape index (κ2) is 6.53. The third-order valence-corrected chi connectivity index (χ3v) is 4.93. The van der Waals surface area contributed by atoms with Crippen LogP contribution < -0.4 is 9.47 Å². The molecule has 1 heterocycles. The van der Waals surface area contributed by atoms with Gasteiger partial charge in [0.15, 0.2) is 11.5 Å². The number of ether oxygens (including phenoxy) is 2. The summed E-state index contributed by atoms with van der Waals surface area (Å²) < 4.78 is 34.7. The molecule has 122 valence electrons. The van der Waals surface area contributed by atoms with Gasteiger partial charge in [0, 0.05) is 31.7 Å². The number of nitrogens with zero attached hydrogens (tertiary/aromatic N) is 2. The zero-order valence-electron chi connectivity index (χ0n) is 12.9. The third kappa shape index (κ3) is 3.50. The summed E-state index contributed by atoms with van der Waals surface area (Å²) in [6.07, 6.45) is 1.18. The highest BCUT2D eigenvalue weighted by Gasteiger charge is 2.26. The molecule has 0 aromatic heterocycles. The number of hydrogen-bond donors (Lipinski definition) is 0. The van der Waals surface area contributed by atoms with E-state index in [1.807, 2.05) is 0 Å². The van der Waals surface area contributed by atoms with E-state index in [9.17, 15) is 13.2 Å². The summed E-state index contributed by atoms with van der Waals surface area (Å²) in [5, 5.41) is 0. The van der Waals surface area contributed by atoms with E-state index in [1.165, 1.54) is 24.8 Å². The number of hydrogen-bond acceptors (Lipinski definition) is 5. The number of amides is 1. The van der Waals surface area contributed by atoms with Gasteiger partial charge in [0.1, 0.15) is 0 Å². The molecule has 1 aliphatic heterocycles. The number of methoxy groups -OCH3 is 2. The van der Waals surface area contributed by atoms with E-state index in [-0.39, 0.29) is 5.91 Å². The molecule has 8 heteroatoms. The molecule has 1 fully saturated rings. The molecule has 1 saturated heterocycles. The average Bonchev–Trinajstić information content (AvgIpc) is 2.52. The van der Waals surface area contributed by atoms with Gasteiger partial charge in [-0.3, -0.25) is 4.79 Å². The monoisotopic (exact) mass is 328 g/mol. The molecular weight excluding hydrogens is 308 g/mol. The van der Waals surface area contributed by atoms with Gasteiger partial charge in [-0.05, 0) is 18.2 Å². The Morgan fingerprint density at radius 1 is 1.05 bits per heavy atom. The molecule has 2 rings (SSSR count). The molecule has 1 aromatic carbocycles. The Morgan fingerprint density at radius 3 is 2.14 bits per heavy atom. The van der Waals surface area contributed by atoms with Crippen LogP contribution in [0.1, 0.15) is 10.4 Å². The first kappa shape index (κ1) is 16.6. The van der Waals surface area contributed by atoms with Crippen LogP contribution in [-0.4, -0.2) is 70.2 Å². The van der Waals surface area contributed by atoms with Gasteiger partial charge >= 0.3 is 0 Å². The Morgan fingerprint density at radius 2 is 1.64 bits per heavy atom. The van der Waals surface area contributed by atoms with Crippen LogP contribution in [0.4, 0.5) is 0 Å². The van der Waals surface area contributed by atoms with Crippen LogP contribution in [0.5, 0.6) is 11.5 Å². The number of benzene rings is 1. The topological polar surface area (TPSA) is 76.2 Å². The molecule has 0 saturated carbocycles. The van der Waals surface area contributed by atoms with E-state index in [4.69, 9.17) is 9.47 Å². The Balaban J connectivity index is 2.10. The van der Waals surface area contributed by atoms with E-state index >= 15 is 0 Å². The molecule has 0 spiro atoms. The fourth-order valence-electron chi connectivity index (χ4n) is 2.37. The van der Waals surface area contributed by atoms with E-state index in [0.29, 0.717) is 43.2 Å². The number of rotatable bonds is 4. The maximum atomic E-state index is 12.5. The van der Waals surface area contributed by atoms with Crippen molar-refractivity contribution in [1.82, 2.24) is 9.21 Å². The van der Waals surface area contributed by atoms with Crippen molar-refractivity contribution in [1.29, 1.82) is 0 Å². The fourth-order valence-corrected chi connectivity index (χ4v) is 3.20. The molecule has 7 nitrogen and oxygen atoms in total. The molecule has 0 atom stereocenters. The molecule has 0 radical (unpaired) electrons. The highest BCUT2D eigenvalue weighted by Crippen LogP contribution is 2.28. The van der Waals surface area contributed by atoms with Gasteiger partial charge < -0.3 is 14.4 Å². The predicted octanol–water partition coefficient (Wildman–Crippen LogP) is 0.421. The second-order valence-corrected chi connectivity index (χ2v) is 7.01. The summed E-state index contributed by atoms with van der Waals surface area (Å²) in [4.78, 5) is 14.1. The number of carbonyl (C=O) groups excluding carboxylic acids is 1. The molecule has 1 amide bonds. The van der Waals surface area contributed by atoms with Crippen LogP contribution in [0.25, 0.3) is 0 Å². The molecule has 22 heavy (non-hydrogen) atoms. The SMILES string of the molecule is COc1ccc(C(=O)N2CCN(S(C)(=O)=O)CC2)cc1OC. The first-order valence-electron chi connectivity index (χ1n) is 6.83. The Bertz CT molecular complexity index is 651. The zero-order valence-corrected chi connectivity index (χ0v) is 13.7. The van der Waals surface area contributed by atoms with Gasteiger partial charge in [0.2, 0.25) is 10.0 Å². The van der Waals surface area contributed by atoms with Crippen molar-refractivity contribution in [2.75, 3.05) is 46.7 Å². The van der Waals surface area contributed by atoms with Crippen LogP contribution in [0.15, 0.2) is 18.2 Å². The minimum Gasteiger partial charge on any atom is -0.493 e. The van der Waals surface area contributed by atoms with Crippen molar-refractivity contribution in [2.24, 2.45) is 0 Å². The summed E-state index contributed by atoms with van der Waals surface area (Å²) >= 11 is 0. The Labute approximate surface area is 130 Å². The van der Waals surface area contributed by atoms with Gasteiger partial charge in [-0.1, -0.05) is 0 Å². The summed E-state index contributed by atoms with van der Waals surface area (Å²) in [6.45, 7) is 1.39. The standard InChI is InChI=1S/C14H20N2O5S/c1-20-12-5-4-11(10-13(12)21-2)14(17)15-6-8-16(9-7-15)22(3,18)19/h4-5,10H,6-9H2,1-3H3.